The molecular weight excluding hydrogens is 518 g/mol. The highest BCUT2D eigenvalue weighted by Crippen LogP contribution is 2.25. The largest absolute Gasteiger partial charge is 0.458 e. The zero-order valence-corrected chi connectivity index (χ0v) is 21.0. The summed E-state index contributed by atoms with van der Waals surface area (Å²) in [4.78, 5) is 18.2. The van der Waals surface area contributed by atoms with Crippen LogP contribution in [0.3, 0.4) is 0 Å². The molecule has 0 bridgehead atoms. The number of carbonyl (C=O) groups excluding carboxylic acids is 1. The van der Waals surface area contributed by atoms with Crippen LogP contribution >= 0.6 is 31.9 Å². The second-order valence-corrected chi connectivity index (χ2v) is 9.97. The van der Waals surface area contributed by atoms with Crippen molar-refractivity contribution in [2.45, 2.75) is 38.8 Å². The van der Waals surface area contributed by atoms with Gasteiger partial charge in [0.05, 0.1) is 5.71 Å². The van der Waals surface area contributed by atoms with Crippen LogP contribution in [0.15, 0.2) is 92.8 Å². The van der Waals surface area contributed by atoms with Gasteiger partial charge in [-0.2, -0.15) is 0 Å². The maximum atomic E-state index is 13.2. The Hall–Kier alpha value is -2.24. The summed E-state index contributed by atoms with van der Waals surface area (Å²) in [6.45, 7) is 5.61. The molecule has 0 aromatic heterocycles. The Bertz CT molecular complexity index is 1020. The first-order valence-electron chi connectivity index (χ1n) is 10.1. The van der Waals surface area contributed by atoms with E-state index >= 15 is 0 Å². The molecule has 0 heterocycles. The normalized spacial score (nSPS) is 12.2. The van der Waals surface area contributed by atoms with Crippen molar-refractivity contribution in [3.05, 3.63) is 104 Å². The number of hydrogen-bond donors (Lipinski definition) is 0. The van der Waals surface area contributed by atoms with Gasteiger partial charge in [-0.1, -0.05) is 98.6 Å². The number of hydrogen-bond acceptors (Lipinski definition) is 3. The Morgan fingerprint density at radius 1 is 0.903 bits per heavy atom. The average molecular weight is 543 g/mol. The highest BCUT2D eigenvalue weighted by molar-refractivity contribution is 9.11. The zero-order chi connectivity index (χ0) is 22.4. The van der Waals surface area contributed by atoms with Crippen LogP contribution < -0.4 is 0 Å². The Kier molecular flexibility index (Phi) is 7.84. The van der Waals surface area contributed by atoms with Crippen LogP contribution in [0.2, 0.25) is 0 Å². The summed E-state index contributed by atoms with van der Waals surface area (Å²) in [6, 6.07) is 25.1. The highest BCUT2D eigenvalue weighted by Gasteiger charge is 2.27. The number of halogens is 2. The predicted octanol–water partition coefficient (Wildman–Crippen LogP) is 7.00. The molecule has 31 heavy (non-hydrogen) atoms. The molecule has 0 fully saturated rings. The van der Waals surface area contributed by atoms with Crippen LogP contribution in [0.5, 0.6) is 0 Å². The van der Waals surface area contributed by atoms with E-state index in [1.807, 2.05) is 99.6 Å². The highest BCUT2D eigenvalue weighted by atomic mass is 79.9. The Morgan fingerprint density at radius 2 is 1.45 bits per heavy atom. The molecule has 1 atom stereocenters. The van der Waals surface area contributed by atoms with Crippen LogP contribution in [-0.4, -0.2) is 23.3 Å². The maximum absolute atomic E-state index is 13.2. The lowest BCUT2D eigenvalue weighted by Crippen LogP contribution is -2.33. The predicted molar refractivity (Wildman–Crippen MR) is 134 cm³/mol. The minimum absolute atomic E-state index is 0.341. The average Bonchev–Trinajstić information content (AvgIpc) is 2.72. The van der Waals surface area contributed by atoms with Gasteiger partial charge in [-0.3, -0.25) is 4.99 Å². The molecule has 160 valence electrons. The standard InChI is InChI=1S/C26H25Br2NO2/c1-26(2,3)31-25(30)23(16-20-14-15-21(27)17-22(20)28)29-24(18-10-6-4-7-11-18)19-12-8-5-9-13-19/h4-15,17,23H,16H2,1-3H3. The number of esters is 1. The summed E-state index contributed by atoms with van der Waals surface area (Å²) in [6.07, 6.45) is 0.423. The van der Waals surface area contributed by atoms with Crippen molar-refractivity contribution in [2.75, 3.05) is 0 Å². The molecule has 0 amide bonds. The number of rotatable bonds is 6. The molecular formula is C26H25Br2NO2. The van der Waals surface area contributed by atoms with E-state index < -0.39 is 11.6 Å². The van der Waals surface area contributed by atoms with Gasteiger partial charge in [0.1, 0.15) is 5.60 Å². The van der Waals surface area contributed by atoms with Crippen molar-refractivity contribution >= 4 is 43.5 Å². The molecule has 3 aromatic rings. The van der Waals surface area contributed by atoms with E-state index in [-0.39, 0.29) is 5.97 Å². The number of nitrogens with zero attached hydrogens (tertiary/aromatic N) is 1. The fourth-order valence-electron chi connectivity index (χ4n) is 3.11. The zero-order valence-electron chi connectivity index (χ0n) is 17.8. The first kappa shape index (κ1) is 23.4. The number of ether oxygens (including phenoxy) is 1. The molecule has 3 rings (SSSR count). The summed E-state index contributed by atoms with van der Waals surface area (Å²) in [5, 5.41) is 0. The van der Waals surface area contributed by atoms with Crippen LogP contribution in [0.25, 0.3) is 0 Å². The lowest BCUT2D eigenvalue weighted by molar-refractivity contribution is -0.156. The van der Waals surface area contributed by atoms with Gasteiger partial charge >= 0.3 is 5.97 Å². The molecule has 3 aromatic carbocycles. The van der Waals surface area contributed by atoms with Crippen LogP contribution in [0.1, 0.15) is 37.5 Å². The first-order valence-corrected chi connectivity index (χ1v) is 11.7. The summed E-state index contributed by atoms with van der Waals surface area (Å²) >= 11 is 7.10. The molecule has 0 spiro atoms. The second-order valence-electron chi connectivity index (χ2n) is 8.20. The van der Waals surface area contributed by atoms with Crippen LogP contribution in [0.4, 0.5) is 0 Å². The monoisotopic (exact) mass is 541 g/mol. The molecule has 3 nitrogen and oxygen atoms in total. The maximum Gasteiger partial charge on any atom is 0.331 e. The van der Waals surface area contributed by atoms with Gasteiger partial charge in [-0.15, -0.1) is 0 Å². The van der Waals surface area contributed by atoms with E-state index in [1.54, 1.807) is 0 Å². The van der Waals surface area contributed by atoms with Crippen LogP contribution in [0, 0.1) is 0 Å². The topological polar surface area (TPSA) is 38.7 Å². The van der Waals surface area contributed by atoms with E-state index in [2.05, 4.69) is 31.9 Å². The van der Waals surface area contributed by atoms with Gasteiger partial charge in [-0.25, -0.2) is 4.79 Å². The second kappa shape index (κ2) is 10.4. The lowest BCUT2D eigenvalue weighted by Gasteiger charge is -2.23. The van der Waals surface area contributed by atoms with Gasteiger partial charge in [0.2, 0.25) is 0 Å². The third-order valence-electron chi connectivity index (χ3n) is 4.49. The van der Waals surface area contributed by atoms with E-state index in [1.165, 1.54) is 0 Å². The van der Waals surface area contributed by atoms with Gasteiger partial charge < -0.3 is 4.74 Å². The molecule has 0 saturated heterocycles. The van der Waals surface area contributed by atoms with Crippen molar-refractivity contribution in [3.63, 3.8) is 0 Å². The Labute approximate surface area is 200 Å². The fourth-order valence-corrected chi connectivity index (χ4v) is 4.32. The quantitative estimate of drug-likeness (QED) is 0.248. The van der Waals surface area contributed by atoms with Gasteiger partial charge in [0.15, 0.2) is 6.04 Å². The van der Waals surface area contributed by atoms with Crippen molar-refractivity contribution in [3.8, 4) is 0 Å². The number of benzene rings is 3. The molecule has 0 saturated carbocycles. The minimum Gasteiger partial charge on any atom is -0.458 e. The molecule has 0 N–H and O–H groups in total. The number of aliphatic imine (C=N–C) groups is 1. The van der Waals surface area contributed by atoms with Gasteiger partial charge in [-0.05, 0) is 38.5 Å². The third kappa shape index (κ3) is 6.88. The van der Waals surface area contributed by atoms with Gasteiger partial charge in [0.25, 0.3) is 0 Å². The molecule has 1 unspecified atom stereocenters. The Morgan fingerprint density at radius 3 is 1.94 bits per heavy atom. The van der Waals surface area contributed by atoms with Crippen molar-refractivity contribution < 1.29 is 9.53 Å². The smallest absolute Gasteiger partial charge is 0.331 e. The molecule has 5 heteroatoms. The van der Waals surface area contributed by atoms with Crippen molar-refractivity contribution in [1.82, 2.24) is 0 Å². The lowest BCUT2D eigenvalue weighted by atomic mass is 10.0. The summed E-state index contributed by atoms with van der Waals surface area (Å²) in [5.41, 5.74) is 3.07. The van der Waals surface area contributed by atoms with Gasteiger partial charge in [0, 0.05) is 26.5 Å². The van der Waals surface area contributed by atoms with Crippen LogP contribution in [-0.2, 0) is 16.0 Å². The third-order valence-corrected chi connectivity index (χ3v) is 5.72. The first-order chi connectivity index (χ1) is 14.7. The fraction of sp³-hybridized carbons (Fsp3) is 0.231. The summed E-state index contributed by atoms with van der Waals surface area (Å²) in [5.74, 6) is -0.341. The van der Waals surface area contributed by atoms with Crippen molar-refractivity contribution in [2.24, 2.45) is 4.99 Å². The minimum atomic E-state index is -0.688. The number of carbonyl (C=O) groups is 1. The molecule has 0 aliphatic rings. The van der Waals surface area contributed by atoms with E-state index in [0.29, 0.717) is 6.42 Å². The summed E-state index contributed by atoms with van der Waals surface area (Å²) < 4.78 is 7.63. The molecule has 0 aliphatic carbocycles. The molecule has 0 aliphatic heterocycles. The summed E-state index contributed by atoms with van der Waals surface area (Å²) in [7, 11) is 0. The Balaban J connectivity index is 2.08. The molecule has 0 radical (unpaired) electrons. The van der Waals surface area contributed by atoms with E-state index in [9.17, 15) is 4.79 Å². The van der Waals surface area contributed by atoms with E-state index in [4.69, 9.17) is 9.73 Å². The van der Waals surface area contributed by atoms with E-state index in [0.717, 1.165) is 31.3 Å². The van der Waals surface area contributed by atoms with Crippen molar-refractivity contribution in [1.29, 1.82) is 0 Å². The SMILES string of the molecule is CC(C)(C)OC(=O)C(Cc1ccc(Br)cc1Br)N=C(c1ccccc1)c1ccccc1.